The van der Waals surface area contributed by atoms with Crippen LogP contribution in [0.15, 0.2) is 0 Å². The van der Waals surface area contributed by atoms with E-state index in [1.165, 1.54) is 0 Å². The minimum absolute atomic E-state index is 0.0776. The van der Waals surface area contributed by atoms with E-state index < -0.39 is 0 Å². The first kappa shape index (κ1) is 6.05. The first-order valence-electron chi connectivity index (χ1n) is 3.04. The van der Waals surface area contributed by atoms with Gasteiger partial charge in [-0.3, -0.25) is 4.90 Å². The number of nitrogens with zero attached hydrogens (tertiary/aromatic N) is 1. The summed E-state index contributed by atoms with van der Waals surface area (Å²) in [7, 11) is 0. The van der Waals surface area contributed by atoms with Crippen LogP contribution in [0, 0.1) is 6.54 Å². The van der Waals surface area contributed by atoms with Crippen molar-refractivity contribution in [3.63, 3.8) is 0 Å². The van der Waals surface area contributed by atoms with E-state index in [0.717, 1.165) is 19.5 Å². The van der Waals surface area contributed by atoms with Gasteiger partial charge in [-0.1, -0.05) is 0 Å². The maximum absolute atomic E-state index is 8.97. The second-order valence-electron chi connectivity index (χ2n) is 2.20. The van der Waals surface area contributed by atoms with Gasteiger partial charge in [0.2, 0.25) is 0 Å². The number of hydrogen-bond acceptors (Lipinski definition) is 2. The molecule has 1 N–H and O–H groups in total. The second-order valence-corrected chi connectivity index (χ2v) is 2.20. The monoisotopic (exact) mass is 114 g/mol. The van der Waals surface area contributed by atoms with Crippen molar-refractivity contribution in [1.29, 1.82) is 0 Å². The molecule has 1 saturated heterocycles. The molecule has 1 atom stereocenters. The summed E-state index contributed by atoms with van der Waals surface area (Å²) in [5, 5.41) is 8.97. The summed E-state index contributed by atoms with van der Waals surface area (Å²) >= 11 is 0. The summed E-state index contributed by atoms with van der Waals surface area (Å²) in [6.45, 7) is 5.88. The van der Waals surface area contributed by atoms with Crippen molar-refractivity contribution < 1.29 is 5.11 Å². The third-order valence-corrected chi connectivity index (χ3v) is 1.56. The van der Waals surface area contributed by atoms with Crippen LogP contribution in [0.25, 0.3) is 0 Å². The fraction of sp³-hybridized carbons (Fsp3) is 0.833. The number of aliphatic hydroxyl groups excluding tert-OH is 1. The summed E-state index contributed by atoms with van der Waals surface area (Å²) in [5.74, 6) is 0. The summed E-state index contributed by atoms with van der Waals surface area (Å²) in [6.07, 6.45) is 0.857. The highest BCUT2D eigenvalue weighted by Gasteiger charge is 2.17. The van der Waals surface area contributed by atoms with E-state index in [1.807, 2.05) is 13.5 Å². The fourth-order valence-corrected chi connectivity index (χ4v) is 1.00. The Kier molecular flexibility index (Phi) is 1.86. The van der Waals surface area contributed by atoms with Crippen LogP contribution in [0.2, 0.25) is 0 Å². The third-order valence-electron chi connectivity index (χ3n) is 1.56. The standard InChI is InChI=1S/C6H12NO/c1-2-7-4-3-6(8)5-7/h2,6,8H,3-5H2,1H3. The number of likely N-dealkylation sites (tertiary alicyclic amines) is 1. The van der Waals surface area contributed by atoms with Crippen molar-refractivity contribution in [3.05, 3.63) is 6.54 Å². The van der Waals surface area contributed by atoms with Crippen LogP contribution in [0.5, 0.6) is 0 Å². The normalized spacial score (nSPS) is 31.5. The number of aliphatic hydroxyl groups is 1. The summed E-state index contributed by atoms with van der Waals surface area (Å²) < 4.78 is 0. The topological polar surface area (TPSA) is 23.5 Å². The lowest BCUT2D eigenvalue weighted by Gasteiger charge is -2.08. The average Bonchev–Trinajstić information content (AvgIpc) is 2.14. The molecular weight excluding hydrogens is 102 g/mol. The van der Waals surface area contributed by atoms with Gasteiger partial charge in [-0.2, -0.15) is 0 Å². The predicted octanol–water partition coefficient (Wildman–Crippen LogP) is 0.235. The van der Waals surface area contributed by atoms with E-state index in [4.69, 9.17) is 5.11 Å². The Hall–Kier alpha value is -0.0800. The van der Waals surface area contributed by atoms with Gasteiger partial charge in [0, 0.05) is 19.6 Å². The van der Waals surface area contributed by atoms with E-state index in [2.05, 4.69) is 4.90 Å². The molecular formula is C6H12NO. The number of hydrogen-bond donors (Lipinski definition) is 1. The van der Waals surface area contributed by atoms with E-state index in [1.54, 1.807) is 0 Å². The Balaban J connectivity index is 2.22. The molecule has 2 heteroatoms. The van der Waals surface area contributed by atoms with Crippen molar-refractivity contribution in [3.8, 4) is 0 Å². The van der Waals surface area contributed by atoms with Gasteiger partial charge in [0.05, 0.1) is 6.10 Å². The zero-order chi connectivity index (χ0) is 5.98. The number of β-amino-alcohol motifs (C(OH)–C–C–N with tert-alkyl or cyclic N) is 1. The molecule has 47 valence electrons. The van der Waals surface area contributed by atoms with Gasteiger partial charge in [0.25, 0.3) is 0 Å². The molecule has 8 heavy (non-hydrogen) atoms. The maximum Gasteiger partial charge on any atom is 0.0679 e. The van der Waals surface area contributed by atoms with Gasteiger partial charge in [-0.15, -0.1) is 0 Å². The largest absolute Gasteiger partial charge is 0.392 e. The first-order valence-corrected chi connectivity index (χ1v) is 3.04. The SMILES string of the molecule is C[CH]N1CCC(O)C1. The Labute approximate surface area is 50.1 Å². The molecule has 0 spiro atoms. The lowest BCUT2D eigenvalue weighted by molar-refractivity contribution is 0.183. The predicted molar refractivity (Wildman–Crippen MR) is 32.2 cm³/mol. The third kappa shape index (κ3) is 1.20. The van der Waals surface area contributed by atoms with Crippen LogP contribution >= 0.6 is 0 Å². The highest BCUT2D eigenvalue weighted by Crippen LogP contribution is 2.08. The summed E-state index contributed by atoms with van der Waals surface area (Å²) in [5.41, 5.74) is 0. The molecule has 1 rings (SSSR count). The lowest BCUT2D eigenvalue weighted by Crippen LogP contribution is -2.17. The van der Waals surface area contributed by atoms with Gasteiger partial charge in [-0.05, 0) is 13.3 Å². The molecule has 2 nitrogen and oxygen atoms in total. The van der Waals surface area contributed by atoms with Crippen LogP contribution < -0.4 is 0 Å². The van der Waals surface area contributed by atoms with Crippen LogP contribution in [-0.4, -0.2) is 29.2 Å². The molecule has 1 aliphatic heterocycles. The van der Waals surface area contributed by atoms with Gasteiger partial charge in [0.15, 0.2) is 0 Å². The zero-order valence-corrected chi connectivity index (χ0v) is 5.17. The Morgan fingerprint density at radius 3 is 2.75 bits per heavy atom. The van der Waals surface area contributed by atoms with E-state index in [9.17, 15) is 0 Å². The van der Waals surface area contributed by atoms with Crippen molar-refractivity contribution in [2.24, 2.45) is 0 Å². The summed E-state index contributed by atoms with van der Waals surface area (Å²) in [6, 6.07) is 0. The fourth-order valence-electron chi connectivity index (χ4n) is 1.00. The molecule has 1 fully saturated rings. The molecule has 1 heterocycles. The molecule has 0 aliphatic carbocycles. The van der Waals surface area contributed by atoms with E-state index >= 15 is 0 Å². The van der Waals surface area contributed by atoms with Crippen LogP contribution in [0.4, 0.5) is 0 Å². The maximum atomic E-state index is 8.97. The van der Waals surface area contributed by atoms with E-state index in [0.29, 0.717) is 0 Å². The van der Waals surface area contributed by atoms with Gasteiger partial charge in [-0.25, -0.2) is 0 Å². The molecule has 1 radical (unpaired) electrons. The van der Waals surface area contributed by atoms with E-state index in [-0.39, 0.29) is 6.10 Å². The smallest absolute Gasteiger partial charge is 0.0679 e. The molecule has 0 aromatic carbocycles. The molecule has 0 bridgehead atoms. The molecule has 0 saturated carbocycles. The minimum Gasteiger partial charge on any atom is -0.392 e. The van der Waals surface area contributed by atoms with Gasteiger partial charge >= 0.3 is 0 Å². The molecule has 1 unspecified atom stereocenters. The highest BCUT2D eigenvalue weighted by atomic mass is 16.3. The zero-order valence-electron chi connectivity index (χ0n) is 5.17. The Bertz CT molecular complexity index is 74.9. The van der Waals surface area contributed by atoms with Gasteiger partial charge < -0.3 is 5.11 Å². The van der Waals surface area contributed by atoms with Crippen molar-refractivity contribution in [2.75, 3.05) is 13.1 Å². The van der Waals surface area contributed by atoms with Crippen molar-refractivity contribution >= 4 is 0 Å². The molecule has 1 aliphatic rings. The first-order chi connectivity index (χ1) is 3.83. The quantitative estimate of drug-likeness (QED) is 0.527. The second kappa shape index (κ2) is 2.46. The van der Waals surface area contributed by atoms with Crippen LogP contribution in [0.1, 0.15) is 13.3 Å². The van der Waals surface area contributed by atoms with Crippen LogP contribution in [-0.2, 0) is 0 Å². The number of rotatable bonds is 1. The molecule has 0 aromatic rings. The Morgan fingerprint density at radius 1 is 1.75 bits per heavy atom. The molecule has 0 aromatic heterocycles. The molecule has 0 amide bonds. The van der Waals surface area contributed by atoms with Gasteiger partial charge in [0.1, 0.15) is 0 Å². The lowest BCUT2D eigenvalue weighted by atomic mass is 10.3. The minimum atomic E-state index is -0.0776. The Morgan fingerprint density at radius 2 is 2.50 bits per heavy atom. The van der Waals surface area contributed by atoms with Crippen molar-refractivity contribution in [1.82, 2.24) is 4.90 Å². The van der Waals surface area contributed by atoms with Crippen LogP contribution in [0.3, 0.4) is 0 Å². The van der Waals surface area contributed by atoms with Crippen molar-refractivity contribution in [2.45, 2.75) is 19.4 Å². The average molecular weight is 114 g/mol. The highest BCUT2D eigenvalue weighted by molar-refractivity contribution is 4.77. The summed E-state index contributed by atoms with van der Waals surface area (Å²) in [4.78, 5) is 2.13.